The topological polar surface area (TPSA) is 140 Å². The Morgan fingerprint density at radius 2 is 1.93 bits per heavy atom. The van der Waals surface area contributed by atoms with Gasteiger partial charge in [-0.3, -0.25) is 10.2 Å². The van der Waals surface area contributed by atoms with E-state index in [-0.39, 0.29) is 16.4 Å². The number of nitrogens with one attached hydrogen (secondary N) is 2. The van der Waals surface area contributed by atoms with E-state index in [1.807, 2.05) is 5.10 Å². The highest BCUT2D eigenvalue weighted by Gasteiger charge is 2.33. The van der Waals surface area contributed by atoms with Crippen molar-refractivity contribution in [3.8, 4) is 10.4 Å². The van der Waals surface area contributed by atoms with Gasteiger partial charge < -0.3 is 20.6 Å². The third kappa shape index (κ3) is 4.23. The van der Waals surface area contributed by atoms with Gasteiger partial charge in [0, 0.05) is 22.2 Å². The number of rotatable bonds is 5. The summed E-state index contributed by atoms with van der Waals surface area (Å²) < 4.78 is 37.9. The molecule has 2 aromatic heterocycles. The normalized spacial score (nSPS) is 12.4. The van der Waals surface area contributed by atoms with Crippen LogP contribution in [0.15, 0.2) is 34.7 Å². The smallest absolute Gasteiger partial charge is 0.339 e. The minimum atomic E-state index is -4.54. The molecule has 0 unspecified atom stereocenters. The maximum absolute atomic E-state index is 12.6. The number of benzene rings is 1. The summed E-state index contributed by atoms with van der Waals surface area (Å²) in [6, 6.07) is 5.45. The molecule has 0 radical (unpaired) electrons. The lowest BCUT2D eigenvalue weighted by Gasteiger charge is -2.15. The number of nitrogens with zero attached hydrogens (tertiary/aromatic N) is 2. The summed E-state index contributed by atoms with van der Waals surface area (Å²) in [7, 11) is 0. The number of alkyl halides is 3. The number of hydrogen-bond donors (Lipinski definition) is 6. The second-order valence-electron chi connectivity index (χ2n) is 5.28. The average Bonchev–Trinajstić information content (AvgIpc) is 3.23. The molecule has 0 fully saturated rings. The van der Waals surface area contributed by atoms with Gasteiger partial charge >= 0.3 is 12.1 Å². The highest BCUT2D eigenvalue weighted by molar-refractivity contribution is 7.97. The van der Waals surface area contributed by atoms with E-state index in [4.69, 9.17) is 5.14 Å². The predicted octanol–water partition coefficient (Wildman–Crippen LogP) is 2.35. The number of aromatic amines is 1. The number of H-pyrrole nitrogens is 1. The van der Waals surface area contributed by atoms with Gasteiger partial charge in [0.25, 0.3) is 0 Å². The Labute approximate surface area is 158 Å². The fourth-order valence-electron chi connectivity index (χ4n) is 2.24. The summed E-state index contributed by atoms with van der Waals surface area (Å²) in [5.41, 5.74) is 0.841. The predicted molar refractivity (Wildman–Crippen MR) is 92.8 cm³/mol. The summed E-state index contributed by atoms with van der Waals surface area (Å²) in [6.07, 6.45) is -4.54. The second kappa shape index (κ2) is 7.10. The summed E-state index contributed by atoms with van der Waals surface area (Å²) in [4.78, 5) is 4.48. The summed E-state index contributed by atoms with van der Waals surface area (Å²) in [5, 5.41) is 42.0. The number of nitrogens with two attached hydrogens (primary N) is 1. The van der Waals surface area contributed by atoms with Crippen molar-refractivity contribution in [1.82, 2.24) is 15.2 Å². The highest BCUT2D eigenvalue weighted by Crippen LogP contribution is 2.39. The van der Waals surface area contributed by atoms with E-state index in [0.29, 0.717) is 16.1 Å². The number of hydrogen-bond acceptors (Lipinski definition) is 9. The van der Waals surface area contributed by atoms with E-state index >= 15 is 0 Å². The highest BCUT2D eigenvalue weighted by atomic mass is 32.2. The Hall–Kier alpha value is -2.16. The van der Waals surface area contributed by atoms with E-state index in [1.54, 1.807) is 12.1 Å². The SMILES string of the molecule is NSc1cc(Nc2cc(C(F)(F)F)[nH]n2)ccc1-c1scnc1C(O)(O)O. The van der Waals surface area contributed by atoms with Crippen LogP contribution in [0.2, 0.25) is 0 Å². The summed E-state index contributed by atoms with van der Waals surface area (Å²) in [6.45, 7) is 0. The zero-order valence-electron chi connectivity index (χ0n) is 13.2. The molecule has 0 amide bonds. The molecule has 144 valence electrons. The van der Waals surface area contributed by atoms with Gasteiger partial charge in [-0.05, 0) is 24.1 Å². The molecule has 3 aromatic rings. The van der Waals surface area contributed by atoms with Crippen molar-refractivity contribution in [3.63, 3.8) is 0 Å². The lowest BCUT2D eigenvalue weighted by Crippen LogP contribution is -2.25. The first kappa shape index (κ1) is 19.6. The van der Waals surface area contributed by atoms with Gasteiger partial charge in [0.2, 0.25) is 0 Å². The third-order valence-electron chi connectivity index (χ3n) is 3.39. The van der Waals surface area contributed by atoms with Crippen molar-refractivity contribution in [2.45, 2.75) is 17.0 Å². The quantitative estimate of drug-likeness (QED) is 0.274. The number of aliphatic hydroxyl groups is 3. The molecule has 3 rings (SSSR count). The molecular formula is C14H12F3N5O3S2. The minimum Gasteiger partial charge on any atom is -0.339 e. The maximum Gasteiger partial charge on any atom is 0.432 e. The summed E-state index contributed by atoms with van der Waals surface area (Å²) in [5.74, 6) is -3.16. The third-order valence-corrected chi connectivity index (χ3v) is 4.85. The second-order valence-corrected chi connectivity index (χ2v) is 6.81. The number of anilines is 2. The van der Waals surface area contributed by atoms with Crippen LogP contribution in [0.3, 0.4) is 0 Å². The molecule has 0 spiro atoms. The Balaban J connectivity index is 1.92. The molecule has 27 heavy (non-hydrogen) atoms. The van der Waals surface area contributed by atoms with Crippen LogP contribution in [-0.4, -0.2) is 30.5 Å². The zero-order chi connectivity index (χ0) is 19.8. The van der Waals surface area contributed by atoms with Crippen LogP contribution >= 0.6 is 23.3 Å². The average molecular weight is 419 g/mol. The van der Waals surface area contributed by atoms with Gasteiger partial charge in [0.05, 0.1) is 10.4 Å². The first-order valence-corrected chi connectivity index (χ1v) is 8.87. The van der Waals surface area contributed by atoms with Crippen molar-refractivity contribution < 1.29 is 28.5 Å². The van der Waals surface area contributed by atoms with Gasteiger partial charge in [-0.1, -0.05) is 6.07 Å². The van der Waals surface area contributed by atoms with Crippen LogP contribution in [0.1, 0.15) is 11.4 Å². The maximum atomic E-state index is 12.6. The molecule has 7 N–H and O–H groups in total. The standard InChI is InChI=1S/C14H12F3N5O3S2/c15-13(16,17)9-4-10(22-21-9)20-6-1-2-7(8(3-6)27-18)11-12(14(23,24)25)19-5-26-11/h1-5,23-25H,18H2,(H2,20,21,22). The van der Waals surface area contributed by atoms with Gasteiger partial charge in [0.15, 0.2) is 5.82 Å². The van der Waals surface area contributed by atoms with Crippen LogP contribution in [0, 0.1) is 0 Å². The van der Waals surface area contributed by atoms with Crippen molar-refractivity contribution in [2.24, 2.45) is 5.14 Å². The van der Waals surface area contributed by atoms with Gasteiger partial charge in [0.1, 0.15) is 11.4 Å². The Bertz CT molecular complexity index is 952. The number of thiazole rings is 1. The minimum absolute atomic E-state index is 0.0402. The van der Waals surface area contributed by atoms with E-state index in [9.17, 15) is 28.5 Å². The van der Waals surface area contributed by atoms with Crippen LogP contribution in [-0.2, 0) is 12.1 Å². The molecule has 0 atom stereocenters. The molecule has 0 aliphatic carbocycles. The molecule has 13 heteroatoms. The fourth-order valence-corrected chi connectivity index (χ4v) is 3.67. The lowest BCUT2D eigenvalue weighted by molar-refractivity contribution is -0.325. The van der Waals surface area contributed by atoms with E-state index in [1.165, 1.54) is 11.6 Å². The van der Waals surface area contributed by atoms with Gasteiger partial charge in [-0.15, -0.1) is 11.3 Å². The largest absolute Gasteiger partial charge is 0.432 e. The Morgan fingerprint density at radius 3 is 2.52 bits per heavy atom. The van der Waals surface area contributed by atoms with Gasteiger partial charge in [-0.25, -0.2) is 4.98 Å². The molecule has 1 aromatic carbocycles. The Morgan fingerprint density at radius 1 is 1.19 bits per heavy atom. The first-order valence-electron chi connectivity index (χ1n) is 7.11. The molecular weight excluding hydrogens is 407 g/mol. The molecule has 0 saturated carbocycles. The molecule has 8 nitrogen and oxygen atoms in total. The first-order chi connectivity index (χ1) is 12.6. The Kier molecular flexibility index (Phi) is 5.16. The van der Waals surface area contributed by atoms with Crippen molar-refractivity contribution in [2.75, 3.05) is 5.32 Å². The monoisotopic (exact) mass is 419 g/mol. The fraction of sp³-hybridized carbons (Fsp3) is 0.143. The van der Waals surface area contributed by atoms with Crippen molar-refractivity contribution in [1.29, 1.82) is 0 Å². The van der Waals surface area contributed by atoms with Crippen LogP contribution in [0.25, 0.3) is 10.4 Å². The molecule has 0 aliphatic heterocycles. The van der Waals surface area contributed by atoms with E-state index < -0.39 is 17.8 Å². The molecule has 0 saturated heterocycles. The zero-order valence-corrected chi connectivity index (χ0v) is 14.8. The number of aromatic nitrogens is 3. The van der Waals surface area contributed by atoms with Crippen molar-refractivity contribution >= 4 is 34.8 Å². The number of halogens is 3. The van der Waals surface area contributed by atoms with Crippen LogP contribution < -0.4 is 10.5 Å². The van der Waals surface area contributed by atoms with E-state index in [0.717, 1.165) is 29.4 Å². The molecule has 0 bridgehead atoms. The molecule has 0 aliphatic rings. The lowest BCUT2D eigenvalue weighted by atomic mass is 10.1. The van der Waals surface area contributed by atoms with Crippen molar-refractivity contribution in [3.05, 3.63) is 41.2 Å². The van der Waals surface area contributed by atoms with Crippen LogP contribution in [0.4, 0.5) is 24.7 Å². The van der Waals surface area contributed by atoms with E-state index in [2.05, 4.69) is 15.4 Å². The van der Waals surface area contributed by atoms with Crippen LogP contribution in [0.5, 0.6) is 0 Å². The molecule has 2 heterocycles. The van der Waals surface area contributed by atoms with Gasteiger partial charge in [-0.2, -0.15) is 18.3 Å². The summed E-state index contributed by atoms with van der Waals surface area (Å²) >= 11 is 1.89.